The Bertz CT molecular complexity index is 1570. The quantitative estimate of drug-likeness (QED) is 0.227. The van der Waals surface area contributed by atoms with E-state index in [2.05, 4.69) is 77.7 Å². The minimum Gasteiger partial charge on any atom is -0.490 e. The highest BCUT2D eigenvalue weighted by Gasteiger charge is 2.35. The third-order valence-corrected chi connectivity index (χ3v) is 7.45. The first-order valence-electron chi connectivity index (χ1n) is 12.3. The molecule has 0 aliphatic carbocycles. The van der Waals surface area contributed by atoms with E-state index in [4.69, 9.17) is 9.72 Å². The SMILES string of the molecule is FC(F)(F)c1nc2c(OCCN3CCN(c4cccc5[nH]c(-c6ccc(I)cc6)nc45)CC3)cccc2[nH]1. The number of para-hydroxylation sites is 2. The van der Waals surface area contributed by atoms with Crippen LogP contribution in [0, 0.1) is 3.57 Å². The van der Waals surface area contributed by atoms with Crippen molar-refractivity contribution in [2.75, 3.05) is 44.2 Å². The average Bonchev–Trinajstić information content (AvgIpc) is 3.55. The van der Waals surface area contributed by atoms with Crippen molar-refractivity contribution in [2.45, 2.75) is 6.18 Å². The summed E-state index contributed by atoms with van der Waals surface area (Å²) in [6.45, 7) is 4.41. The number of alkyl halides is 3. The Kier molecular flexibility index (Phi) is 6.64. The van der Waals surface area contributed by atoms with Gasteiger partial charge in [-0.2, -0.15) is 13.2 Å². The summed E-state index contributed by atoms with van der Waals surface area (Å²) >= 11 is 2.29. The molecule has 6 rings (SSSR count). The predicted octanol–water partition coefficient (Wildman–Crippen LogP) is 5.93. The molecule has 38 heavy (non-hydrogen) atoms. The predicted molar refractivity (Wildman–Crippen MR) is 149 cm³/mol. The second-order valence-electron chi connectivity index (χ2n) is 9.18. The van der Waals surface area contributed by atoms with Gasteiger partial charge in [0, 0.05) is 41.9 Å². The molecule has 11 heteroatoms. The number of aromatic nitrogens is 4. The van der Waals surface area contributed by atoms with Gasteiger partial charge in [0.2, 0.25) is 5.82 Å². The van der Waals surface area contributed by atoms with Crippen molar-refractivity contribution < 1.29 is 17.9 Å². The number of fused-ring (bicyclic) bond motifs is 2. The summed E-state index contributed by atoms with van der Waals surface area (Å²) in [4.78, 5) is 19.0. The Labute approximate surface area is 230 Å². The first-order valence-corrected chi connectivity index (χ1v) is 13.3. The van der Waals surface area contributed by atoms with Gasteiger partial charge in [-0.05, 0) is 59.0 Å². The number of aromatic amines is 2. The zero-order chi connectivity index (χ0) is 26.3. The summed E-state index contributed by atoms with van der Waals surface area (Å²) in [5.41, 5.74) is 4.63. The van der Waals surface area contributed by atoms with E-state index in [0.717, 1.165) is 54.3 Å². The fourth-order valence-corrected chi connectivity index (χ4v) is 5.13. The van der Waals surface area contributed by atoms with E-state index in [1.165, 1.54) is 3.57 Å². The van der Waals surface area contributed by atoms with E-state index in [0.29, 0.717) is 24.4 Å². The fourth-order valence-electron chi connectivity index (χ4n) is 4.77. The second kappa shape index (κ2) is 10.1. The van der Waals surface area contributed by atoms with E-state index in [-0.39, 0.29) is 5.52 Å². The maximum Gasteiger partial charge on any atom is 0.449 e. The Hall–Kier alpha value is -3.32. The van der Waals surface area contributed by atoms with Crippen molar-refractivity contribution >= 4 is 50.3 Å². The van der Waals surface area contributed by atoms with Crippen molar-refractivity contribution in [1.82, 2.24) is 24.8 Å². The van der Waals surface area contributed by atoms with Crippen LogP contribution in [0.2, 0.25) is 0 Å². The average molecular weight is 632 g/mol. The number of ether oxygens (including phenoxy) is 1. The van der Waals surface area contributed by atoms with Gasteiger partial charge in [0.25, 0.3) is 0 Å². The second-order valence-corrected chi connectivity index (χ2v) is 10.4. The first kappa shape index (κ1) is 25.0. The highest BCUT2D eigenvalue weighted by atomic mass is 127. The molecule has 3 aromatic carbocycles. The van der Waals surface area contributed by atoms with E-state index >= 15 is 0 Å². The molecule has 1 aliphatic heterocycles. The molecule has 0 bridgehead atoms. The third-order valence-electron chi connectivity index (χ3n) is 6.73. The topological polar surface area (TPSA) is 73.1 Å². The molecule has 5 aromatic rings. The summed E-state index contributed by atoms with van der Waals surface area (Å²) in [5.74, 6) is 0.188. The molecule has 196 valence electrons. The molecule has 0 radical (unpaired) electrons. The summed E-state index contributed by atoms with van der Waals surface area (Å²) in [5, 5.41) is 0. The highest BCUT2D eigenvalue weighted by molar-refractivity contribution is 14.1. The van der Waals surface area contributed by atoms with Gasteiger partial charge in [0.05, 0.1) is 16.7 Å². The Balaban J connectivity index is 1.08. The van der Waals surface area contributed by atoms with Crippen molar-refractivity contribution in [1.29, 1.82) is 0 Å². The van der Waals surface area contributed by atoms with Crippen LogP contribution in [0.15, 0.2) is 60.7 Å². The minimum absolute atomic E-state index is 0.196. The number of hydrogen-bond donors (Lipinski definition) is 2. The van der Waals surface area contributed by atoms with Gasteiger partial charge in [-0.15, -0.1) is 0 Å². The van der Waals surface area contributed by atoms with Crippen LogP contribution in [0.3, 0.4) is 0 Å². The number of nitrogens with zero attached hydrogens (tertiary/aromatic N) is 4. The number of rotatable bonds is 6. The molecule has 0 spiro atoms. The molecule has 0 atom stereocenters. The summed E-state index contributed by atoms with van der Waals surface area (Å²) in [7, 11) is 0. The number of imidazole rings is 2. The zero-order valence-corrected chi connectivity index (χ0v) is 22.4. The molecule has 1 aliphatic rings. The van der Waals surface area contributed by atoms with E-state index < -0.39 is 12.0 Å². The molecule has 1 saturated heterocycles. The summed E-state index contributed by atoms with van der Waals surface area (Å²) < 4.78 is 46.1. The van der Waals surface area contributed by atoms with Crippen LogP contribution in [0.5, 0.6) is 5.75 Å². The van der Waals surface area contributed by atoms with Gasteiger partial charge in [0.15, 0.2) is 0 Å². The molecule has 3 heterocycles. The van der Waals surface area contributed by atoms with Crippen molar-refractivity contribution in [2.24, 2.45) is 0 Å². The van der Waals surface area contributed by atoms with Crippen LogP contribution >= 0.6 is 22.6 Å². The maximum atomic E-state index is 13.0. The molecule has 0 unspecified atom stereocenters. The molecule has 0 amide bonds. The molecule has 2 aromatic heterocycles. The van der Waals surface area contributed by atoms with Crippen LogP contribution in [-0.2, 0) is 6.18 Å². The molecule has 0 saturated carbocycles. The molecule has 1 fully saturated rings. The standard InChI is InChI=1S/C27H24F3IN6O/c28-27(29,30)26-33-20-4-2-6-22(24(20)35-26)38-16-15-36-11-13-37(14-12-36)21-5-1-3-19-23(21)34-25(32-19)17-7-9-18(31)10-8-17/h1-10H,11-16H2,(H,32,34)(H,33,35). The minimum atomic E-state index is -4.53. The lowest BCUT2D eigenvalue weighted by atomic mass is 10.2. The Morgan fingerprint density at radius 3 is 2.29 bits per heavy atom. The summed E-state index contributed by atoms with van der Waals surface area (Å²) in [6, 6.07) is 19.4. The maximum absolute atomic E-state index is 13.0. The van der Waals surface area contributed by atoms with Crippen molar-refractivity contribution in [3.05, 3.63) is 70.1 Å². The fraction of sp³-hybridized carbons (Fsp3) is 0.259. The van der Waals surface area contributed by atoms with Gasteiger partial charge in [-0.1, -0.05) is 24.3 Å². The molecule has 2 N–H and O–H groups in total. The number of halogens is 4. The van der Waals surface area contributed by atoms with Gasteiger partial charge in [-0.25, -0.2) is 9.97 Å². The lowest BCUT2D eigenvalue weighted by Gasteiger charge is -2.36. The number of nitrogens with one attached hydrogen (secondary N) is 2. The lowest BCUT2D eigenvalue weighted by Crippen LogP contribution is -2.47. The number of piperazine rings is 1. The number of hydrogen-bond acceptors (Lipinski definition) is 5. The van der Waals surface area contributed by atoms with Crippen LogP contribution in [-0.4, -0.2) is 64.2 Å². The number of benzene rings is 3. The largest absolute Gasteiger partial charge is 0.490 e. The van der Waals surface area contributed by atoms with Gasteiger partial charge in [-0.3, -0.25) is 4.90 Å². The highest BCUT2D eigenvalue weighted by Crippen LogP contribution is 2.32. The lowest BCUT2D eigenvalue weighted by molar-refractivity contribution is -0.144. The van der Waals surface area contributed by atoms with Gasteiger partial charge in [0.1, 0.15) is 29.2 Å². The van der Waals surface area contributed by atoms with Crippen molar-refractivity contribution in [3.63, 3.8) is 0 Å². The monoisotopic (exact) mass is 632 g/mol. The normalized spacial score (nSPS) is 15.0. The molecule has 7 nitrogen and oxygen atoms in total. The van der Waals surface area contributed by atoms with Crippen LogP contribution in [0.1, 0.15) is 5.82 Å². The van der Waals surface area contributed by atoms with E-state index in [9.17, 15) is 13.2 Å². The van der Waals surface area contributed by atoms with Crippen molar-refractivity contribution in [3.8, 4) is 17.1 Å². The van der Waals surface area contributed by atoms with Crippen LogP contribution < -0.4 is 9.64 Å². The molecular weight excluding hydrogens is 608 g/mol. The zero-order valence-electron chi connectivity index (χ0n) is 20.2. The van der Waals surface area contributed by atoms with E-state index in [1.54, 1.807) is 18.2 Å². The third kappa shape index (κ3) is 5.04. The smallest absolute Gasteiger partial charge is 0.449 e. The summed E-state index contributed by atoms with van der Waals surface area (Å²) in [6.07, 6.45) is -4.53. The van der Waals surface area contributed by atoms with Crippen LogP contribution in [0.25, 0.3) is 33.5 Å². The first-order chi connectivity index (χ1) is 18.3. The Morgan fingerprint density at radius 2 is 1.55 bits per heavy atom. The van der Waals surface area contributed by atoms with Crippen LogP contribution in [0.4, 0.5) is 18.9 Å². The van der Waals surface area contributed by atoms with Gasteiger partial charge < -0.3 is 19.6 Å². The van der Waals surface area contributed by atoms with E-state index in [1.807, 2.05) is 12.1 Å². The number of H-pyrrole nitrogens is 2. The van der Waals surface area contributed by atoms with Gasteiger partial charge >= 0.3 is 6.18 Å². The number of anilines is 1. The Morgan fingerprint density at radius 1 is 0.842 bits per heavy atom. The molecular formula is C27H24F3IN6O.